The van der Waals surface area contributed by atoms with E-state index in [9.17, 15) is 9.59 Å². The summed E-state index contributed by atoms with van der Waals surface area (Å²) in [5.74, 6) is -0.624. The zero-order valence-electron chi connectivity index (χ0n) is 14.7. The molecule has 0 spiro atoms. The van der Waals surface area contributed by atoms with Crippen molar-refractivity contribution in [3.63, 3.8) is 0 Å². The molecule has 2 aromatic heterocycles. The molecule has 0 fully saturated rings. The molecule has 0 radical (unpaired) electrons. The number of rotatable bonds is 4. The molecule has 3 aromatic rings. The van der Waals surface area contributed by atoms with E-state index in [1.165, 1.54) is 7.11 Å². The number of benzene rings is 1. The molecule has 3 rings (SSSR count). The Labute approximate surface area is 150 Å². The first-order valence-corrected chi connectivity index (χ1v) is 8.76. The molecule has 0 atom stereocenters. The van der Waals surface area contributed by atoms with Crippen LogP contribution in [0.5, 0.6) is 0 Å². The minimum absolute atomic E-state index is 0.0531. The van der Waals surface area contributed by atoms with Crippen LogP contribution in [0.25, 0.3) is 10.2 Å². The molecule has 1 N–H and O–H groups in total. The average molecular weight is 356 g/mol. The van der Waals surface area contributed by atoms with Gasteiger partial charge in [0.25, 0.3) is 0 Å². The lowest BCUT2D eigenvalue weighted by molar-refractivity contribution is -0.116. The fraction of sp³-hybridized carbons (Fsp3) is 0.263. The van der Waals surface area contributed by atoms with E-state index in [4.69, 9.17) is 4.74 Å². The molecule has 1 aromatic carbocycles. The van der Waals surface area contributed by atoms with E-state index in [0.717, 1.165) is 31.9 Å². The summed E-state index contributed by atoms with van der Waals surface area (Å²) in [4.78, 5) is 25.8. The molecular formula is C19H20N2O3S. The van der Waals surface area contributed by atoms with Crippen molar-refractivity contribution >= 4 is 39.1 Å². The number of anilines is 1. The normalized spacial score (nSPS) is 10.9. The number of amides is 1. The minimum Gasteiger partial charge on any atom is -0.464 e. The number of methoxy groups -OCH3 is 1. The van der Waals surface area contributed by atoms with Crippen LogP contribution >= 0.6 is 11.3 Å². The number of hydrogen-bond acceptors (Lipinski definition) is 4. The molecule has 2 heterocycles. The summed E-state index contributed by atoms with van der Waals surface area (Å²) >= 11 is 1.59. The predicted molar refractivity (Wildman–Crippen MR) is 100 cm³/mol. The fourth-order valence-electron chi connectivity index (χ4n) is 2.81. The Morgan fingerprint density at radius 2 is 1.92 bits per heavy atom. The Hall–Kier alpha value is -2.60. The third-order valence-corrected chi connectivity index (χ3v) is 5.06. The van der Waals surface area contributed by atoms with Crippen molar-refractivity contribution in [2.75, 3.05) is 12.4 Å². The zero-order valence-corrected chi connectivity index (χ0v) is 15.5. The highest BCUT2D eigenvalue weighted by molar-refractivity contribution is 7.19. The first-order chi connectivity index (χ1) is 11.9. The van der Waals surface area contributed by atoms with Crippen molar-refractivity contribution in [2.45, 2.75) is 27.3 Å². The Morgan fingerprint density at radius 1 is 1.16 bits per heavy atom. The first-order valence-electron chi connectivity index (χ1n) is 7.94. The van der Waals surface area contributed by atoms with E-state index < -0.39 is 5.97 Å². The Morgan fingerprint density at radius 3 is 2.64 bits per heavy atom. The average Bonchev–Trinajstić information content (AvgIpc) is 3.07. The van der Waals surface area contributed by atoms with Gasteiger partial charge in [0.15, 0.2) is 0 Å². The van der Waals surface area contributed by atoms with E-state index in [-0.39, 0.29) is 12.5 Å². The SMILES string of the molecule is COC(=O)c1cc2sc(C)cc2n1CC(=O)Nc1cc(C)ccc1C. The molecule has 25 heavy (non-hydrogen) atoms. The Kier molecular flexibility index (Phi) is 4.63. The molecule has 0 aliphatic carbocycles. The molecule has 0 unspecified atom stereocenters. The van der Waals surface area contributed by atoms with Crippen molar-refractivity contribution in [3.8, 4) is 0 Å². The number of fused-ring (bicyclic) bond motifs is 1. The molecule has 0 saturated heterocycles. The number of nitrogens with one attached hydrogen (secondary N) is 1. The number of aromatic nitrogens is 1. The van der Waals surface area contributed by atoms with Crippen LogP contribution in [0, 0.1) is 20.8 Å². The van der Waals surface area contributed by atoms with Crippen molar-refractivity contribution in [1.29, 1.82) is 0 Å². The molecular weight excluding hydrogens is 336 g/mol. The first kappa shape index (κ1) is 17.2. The van der Waals surface area contributed by atoms with Gasteiger partial charge >= 0.3 is 5.97 Å². The lowest BCUT2D eigenvalue weighted by Gasteiger charge is -2.12. The van der Waals surface area contributed by atoms with E-state index in [1.807, 2.05) is 45.0 Å². The second-order valence-corrected chi connectivity index (χ2v) is 7.37. The minimum atomic E-state index is -0.444. The van der Waals surface area contributed by atoms with Crippen molar-refractivity contribution in [3.05, 3.63) is 52.0 Å². The highest BCUT2D eigenvalue weighted by Crippen LogP contribution is 2.29. The van der Waals surface area contributed by atoms with Crippen LogP contribution in [0.2, 0.25) is 0 Å². The van der Waals surface area contributed by atoms with Crippen molar-refractivity contribution in [1.82, 2.24) is 4.57 Å². The van der Waals surface area contributed by atoms with Crippen LogP contribution in [0.4, 0.5) is 5.69 Å². The van der Waals surface area contributed by atoms with E-state index in [1.54, 1.807) is 22.0 Å². The summed E-state index contributed by atoms with van der Waals surface area (Å²) in [6.45, 7) is 5.99. The largest absolute Gasteiger partial charge is 0.464 e. The highest BCUT2D eigenvalue weighted by Gasteiger charge is 2.19. The van der Waals surface area contributed by atoms with Gasteiger partial charge in [0, 0.05) is 10.6 Å². The van der Waals surface area contributed by atoms with Crippen LogP contribution in [0.15, 0.2) is 30.3 Å². The molecule has 0 aliphatic heterocycles. The van der Waals surface area contributed by atoms with E-state index in [2.05, 4.69) is 5.32 Å². The van der Waals surface area contributed by atoms with Gasteiger partial charge in [-0.15, -0.1) is 11.3 Å². The second-order valence-electron chi connectivity index (χ2n) is 6.08. The maximum atomic E-state index is 12.6. The summed E-state index contributed by atoms with van der Waals surface area (Å²) in [7, 11) is 1.34. The molecule has 1 amide bonds. The molecule has 0 aliphatic rings. The van der Waals surface area contributed by atoms with Gasteiger partial charge in [0.2, 0.25) is 5.91 Å². The van der Waals surface area contributed by atoms with Gasteiger partial charge in [0.1, 0.15) is 12.2 Å². The van der Waals surface area contributed by atoms with Crippen LogP contribution in [-0.2, 0) is 16.1 Å². The Bertz CT molecular complexity index is 969. The van der Waals surface area contributed by atoms with E-state index >= 15 is 0 Å². The number of esters is 1. The molecule has 130 valence electrons. The third-order valence-electron chi connectivity index (χ3n) is 4.08. The number of hydrogen-bond donors (Lipinski definition) is 1. The topological polar surface area (TPSA) is 60.3 Å². The number of carbonyl (C=O) groups excluding carboxylic acids is 2. The summed E-state index contributed by atoms with van der Waals surface area (Å²) in [6.07, 6.45) is 0. The monoisotopic (exact) mass is 356 g/mol. The van der Waals surface area contributed by atoms with Crippen molar-refractivity contribution in [2.24, 2.45) is 0 Å². The van der Waals surface area contributed by atoms with Crippen LogP contribution in [-0.4, -0.2) is 23.6 Å². The molecule has 6 heteroatoms. The number of carbonyl (C=O) groups is 2. The number of thiophene rings is 1. The fourth-order valence-corrected chi connectivity index (χ4v) is 3.77. The number of ether oxygens (including phenoxy) is 1. The van der Waals surface area contributed by atoms with Crippen LogP contribution in [0.1, 0.15) is 26.5 Å². The summed E-state index contributed by atoms with van der Waals surface area (Å²) in [6, 6.07) is 9.68. The molecule has 5 nitrogen and oxygen atoms in total. The van der Waals surface area contributed by atoms with E-state index in [0.29, 0.717) is 5.69 Å². The molecule has 0 saturated carbocycles. The van der Waals surface area contributed by atoms with Gasteiger partial charge in [-0.05, 0) is 50.1 Å². The summed E-state index contributed by atoms with van der Waals surface area (Å²) < 4.78 is 7.54. The van der Waals surface area contributed by atoms with Gasteiger partial charge in [-0.25, -0.2) is 4.79 Å². The third kappa shape index (κ3) is 3.44. The zero-order chi connectivity index (χ0) is 18.1. The van der Waals surface area contributed by atoms with Crippen LogP contribution < -0.4 is 5.32 Å². The van der Waals surface area contributed by atoms with Crippen molar-refractivity contribution < 1.29 is 14.3 Å². The van der Waals surface area contributed by atoms with Gasteiger partial charge in [-0.3, -0.25) is 4.79 Å². The van der Waals surface area contributed by atoms with Crippen LogP contribution in [0.3, 0.4) is 0 Å². The smallest absolute Gasteiger partial charge is 0.354 e. The number of nitrogens with zero attached hydrogens (tertiary/aromatic N) is 1. The van der Waals surface area contributed by atoms with Gasteiger partial charge in [-0.1, -0.05) is 12.1 Å². The maximum absolute atomic E-state index is 12.6. The van der Waals surface area contributed by atoms with Gasteiger partial charge < -0.3 is 14.6 Å². The lowest BCUT2D eigenvalue weighted by Crippen LogP contribution is -2.22. The quantitative estimate of drug-likeness (QED) is 0.717. The predicted octanol–water partition coefficient (Wildman–Crippen LogP) is 4.05. The van der Waals surface area contributed by atoms with Gasteiger partial charge in [-0.2, -0.15) is 0 Å². The lowest BCUT2D eigenvalue weighted by atomic mass is 10.1. The second kappa shape index (κ2) is 6.72. The summed E-state index contributed by atoms with van der Waals surface area (Å²) in [5, 5.41) is 2.94. The standard InChI is InChI=1S/C19H20N2O3S/c1-11-5-6-12(2)14(7-11)20-18(22)10-21-15-8-13(3)25-17(15)9-16(21)19(23)24-4/h5-9H,10H2,1-4H3,(H,20,22). The number of aryl methyl sites for hydroxylation is 3. The van der Waals surface area contributed by atoms with Gasteiger partial charge in [0.05, 0.1) is 17.3 Å². The Balaban J connectivity index is 1.92. The summed E-state index contributed by atoms with van der Waals surface area (Å²) in [5.41, 5.74) is 4.12. The highest BCUT2D eigenvalue weighted by atomic mass is 32.1. The maximum Gasteiger partial charge on any atom is 0.354 e. The molecule has 0 bridgehead atoms.